The molecule has 1 aromatic carbocycles. The molecule has 18 heavy (non-hydrogen) atoms. The fraction of sp³-hybridized carbons (Fsp3) is 0.273. The number of nitrogens with zero attached hydrogens (tertiary/aromatic N) is 4. The van der Waals surface area contributed by atoms with E-state index in [1.807, 2.05) is 6.92 Å². The molecule has 0 atom stereocenters. The first-order chi connectivity index (χ1) is 8.58. The largest absolute Gasteiger partial charge is 0.481 e. The van der Waals surface area contributed by atoms with Gasteiger partial charge in [0.25, 0.3) is 0 Å². The first-order valence-corrected chi connectivity index (χ1v) is 5.71. The summed E-state index contributed by atoms with van der Waals surface area (Å²) < 4.78 is 1.54. The van der Waals surface area contributed by atoms with Crippen LogP contribution in [0.2, 0.25) is 5.02 Å². The Morgan fingerprint density at radius 3 is 2.94 bits per heavy atom. The van der Waals surface area contributed by atoms with Crippen LogP contribution >= 0.6 is 11.6 Å². The van der Waals surface area contributed by atoms with E-state index in [1.165, 1.54) is 4.68 Å². The average Bonchev–Trinajstić information content (AvgIpc) is 2.74. The highest BCUT2D eigenvalue weighted by atomic mass is 35.5. The maximum Gasteiger partial charge on any atom is 0.303 e. The topological polar surface area (TPSA) is 80.9 Å². The molecule has 1 N–H and O–H groups in total. The summed E-state index contributed by atoms with van der Waals surface area (Å²) in [6.07, 6.45) is 0.275. The van der Waals surface area contributed by atoms with E-state index in [9.17, 15) is 4.79 Å². The molecule has 0 unspecified atom stereocenters. The Balaban J connectivity index is 2.33. The summed E-state index contributed by atoms with van der Waals surface area (Å²) in [5, 5.41) is 20.6. The molecule has 1 heterocycles. The van der Waals surface area contributed by atoms with Crippen LogP contribution in [0.1, 0.15) is 17.8 Å². The normalized spacial score (nSPS) is 10.6. The standard InChI is InChI=1S/C11H11ClN4O2/c1-7-6-8(12)2-3-9(7)16-10(13-14-15-16)4-5-11(17)18/h2-3,6H,4-5H2,1H3,(H,17,18). The number of tetrazole rings is 1. The molecule has 0 aliphatic rings. The number of aryl methyl sites for hydroxylation is 2. The van der Waals surface area contributed by atoms with Gasteiger partial charge in [0.15, 0.2) is 5.82 Å². The SMILES string of the molecule is Cc1cc(Cl)ccc1-n1nnnc1CCC(=O)O. The molecule has 0 bridgehead atoms. The predicted molar refractivity (Wildman–Crippen MR) is 64.9 cm³/mol. The van der Waals surface area contributed by atoms with Crippen LogP contribution in [0.25, 0.3) is 5.69 Å². The second-order valence-electron chi connectivity index (χ2n) is 3.83. The van der Waals surface area contributed by atoms with Gasteiger partial charge in [-0.2, -0.15) is 4.68 Å². The number of carboxylic acids is 1. The Labute approximate surface area is 108 Å². The number of aromatic nitrogens is 4. The molecule has 0 aliphatic heterocycles. The van der Waals surface area contributed by atoms with Crippen molar-refractivity contribution in [2.75, 3.05) is 0 Å². The molecule has 0 fully saturated rings. The van der Waals surface area contributed by atoms with Crippen LogP contribution in [0.4, 0.5) is 0 Å². The van der Waals surface area contributed by atoms with Gasteiger partial charge in [0.1, 0.15) is 0 Å². The molecular formula is C11H11ClN4O2. The van der Waals surface area contributed by atoms with E-state index >= 15 is 0 Å². The number of hydrogen-bond donors (Lipinski definition) is 1. The van der Waals surface area contributed by atoms with Gasteiger partial charge in [-0.3, -0.25) is 4.79 Å². The maximum atomic E-state index is 10.6. The number of carbonyl (C=O) groups is 1. The van der Waals surface area contributed by atoms with E-state index in [4.69, 9.17) is 16.7 Å². The van der Waals surface area contributed by atoms with Crippen LogP contribution in [-0.2, 0) is 11.2 Å². The Kier molecular flexibility index (Phi) is 3.57. The first kappa shape index (κ1) is 12.5. The summed E-state index contributed by atoms with van der Waals surface area (Å²) in [6.45, 7) is 1.89. The third-order valence-electron chi connectivity index (χ3n) is 2.48. The van der Waals surface area contributed by atoms with Crippen molar-refractivity contribution < 1.29 is 9.90 Å². The molecule has 1 aromatic heterocycles. The summed E-state index contributed by atoms with van der Waals surface area (Å²) >= 11 is 5.88. The van der Waals surface area contributed by atoms with E-state index in [1.54, 1.807) is 18.2 Å². The number of aliphatic carboxylic acids is 1. The fourth-order valence-corrected chi connectivity index (χ4v) is 1.85. The lowest BCUT2D eigenvalue weighted by Gasteiger charge is -2.07. The molecule has 0 radical (unpaired) electrons. The Hall–Kier alpha value is -1.95. The summed E-state index contributed by atoms with van der Waals surface area (Å²) in [5.41, 5.74) is 1.72. The Bertz CT molecular complexity index is 582. The average molecular weight is 267 g/mol. The van der Waals surface area contributed by atoms with Gasteiger partial charge in [0, 0.05) is 11.4 Å². The smallest absolute Gasteiger partial charge is 0.303 e. The van der Waals surface area contributed by atoms with Crippen molar-refractivity contribution >= 4 is 17.6 Å². The van der Waals surface area contributed by atoms with Gasteiger partial charge in [0.05, 0.1) is 12.1 Å². The van der Waals surface area contributed by atoms with E-state index in [0.717, 1.165) is 11.3 Å². The molecule has 94 valence electrons. The summed E-state index contributed by atoms with van der Waals surface area (Å²) in [7, 11) is 0. The van der Waals surface area contributed by atoms with Gasteiger partial charge in [-0.15, -0.1) is 5.10 Å². The summed E-state index contributed by atoms with van der Waals surface area (Å²) in [5.74, 6) is -0.361. The Morgan fingerprint density at radius 2 is 2.28 bits per heavy atom. The highest BCUT2D eigenvalue weighted by Gasteiger charge is 2.11. The summed E-state index contributed by atoms with van der Waals surface area (Å²) in [6, 6.07) is 5.35. The molecular weight excluding hydrogens is 256 g/mol. The van der Waals surface area contributed by atoms with Crippen molar-refractivity contribution in [3.05, 3.63) is 34.6 Å². The van der Waals surface area contributed by atoms with Gasteiger partial charge < -0.3 is 5.11 Å². The minimum absolute atomic E-state index is 0.00693. The van der Waals surface area contributed by atoms with Crippen molar-refractivity contribution in [1.82, 2.24) is 20.2 Å². The minimum atomic E-state index is -0.877. The van der Waals surface area contributed by atoms with Crippen LogP contribution in [0.15, 0.2) is 18.2 Å². The predicted octanol–water partition coefficient (Wildman–Crippen LogP) is 1.64. The fourth-order valence-electron chi connectivity index (χ4n) is 1.62. The molecule has 2 aromatic rings. The molecule has 2 rings (SSSR count). The lowest BCUT2D eigenvalue weighted by molar-refractivity contribution is -0.137. The molecule has 0 saturated carbocycles. The van der Waals surface area contributed by atoms with Crippen LogP contribution in [0, 0.1) is 6.92 Å². The minimum Gasteiger partial charge on any atom is -0.481 e. The van der Waals surface area contributed by atoms with Crippen molar-refractivity contribution in [3.8, 4) is 5.69 Å². The van der Waals surface area contributed by atoms with Gasteiger partial charge in [0.2, 0.25) is 0 Å². The van der Waals surface area contributed by atoms with E-state index in [2.05, 4.69) is 15.5 Å². The molecule has 0 spiro atoms. The first-order valence-electron chi connectivity index (χ1n) is 5.33. The van der Waals surface area contributed by atoms with Crippen molar-refractivity contribution in [2.45, 2.75) is 19.8 Å². The zero-order valence-corrected chi connectivity index (χ0v) is 10.4. The third-order valence-corrected chi connectivity index (χ3v) is 2.72. The maximum absolute atomic E-state index is 10.6. The van der Waals surface area contributed by atoms with Crippen LogP contribution in [0.5, 0.6) is 0 Å². The monoisotopic (exact) mass is 266 g/mol. The number of rotatable bonds is 4. The van der Waals surface area contributed by atoms with E-state index in [0.29, 0.717) is 10.8 Å². The zero-order chi connectivity index (χ0) is 13.1. The van der Waals surface area contributed by atoms with Crippen LogP contribution in [-0.4, -0.2) is 31.3 Å². The number of carboxylic acid groups (broad SMARTS) is 1. The van der Waals surface area contributed by atoms with Gasteiger partial charge in [-0.25, -0.2) is 0 Å². The molecule has 6 nitrogen and oxygen atoms in total. The van der Waals surface area contributed by atoms with Crippen molar-refractivity contribution in [1.29, 1.82) is 0 Å². The second kappa shape index (κ2) is 5.14. The second-order valence-corrected chi connectivity index (χ2v) is 4.27. The van der Waals surface area contributed by atoms with E-state index in [-0.39, 0.29) is 12.8 Å². The highest BCUT2D eigenvalue weighted by molar-refractivity contribution is 6.30. The molecule has 0 saturated heterocycles. The highest BCUT2D eigenvalue weighted by Crippen LogP contribution is 2.19. The van der Waals surface area contributed by atoms with Gasteiger partial charge in [-0.05, 0) is 41.1 Å². The van der Waals surface area contributed by atoms with Crippen molar-refractivity contribution in [2.24, 2.45) is 0 Å². The quantitative estimate of drug-likeness (QED) is 0.910. The lowest BCUT2D eigenvalue weighted by atomic mass is 10.2. The third kappa shape index (κ3) is 2.65. The van der Waals surface area contributed by atoms with Gasteiger partial charge >= 0.3 is 5.97 Å². The zero-order valence-electron chi connectivity index (χ0n) is 9.67. The van der Waals surface area contributed by atoms with Crippen LogP contribution < -0.4 is 0 Å². The number of benzene rings is 1. The number of halogens is 1. The number of hydrogen-bond acceptors (Lipinski definition) is 4. The van der Waals surface area contributed by atoms with Crippen LogP contribution in [0.3, 0.4) is 0 Å². The molecule has 0 amide bonds. The van der Waals surface area contributed by atoms with Gasteiger partial charge in [-0.1, -0.05) is 11.6 Å². The van der Waals surface area contributed by atoms with E-state index < -0.39 is 5.97 Å². The Morgan fingerprint density at radius 1 is 1.50 bits per heavy atom. The summed E-state index contributed by atoms with van der Waals surface area (Å²) in [4.78, 5) is 10.6. The lowest BCUT2D eigenvalue weighted by Crippen LogP contribution is -2.07. The molecule has 7 heteroatoms. The molecule has 0 aliphatic carbocycles. The van der Waals surface area contributed by atoms with Crippen molar-refractivity contribution in [3.63, 3.8) is 0 Å².